The van der Waals surface area contributed by atoms with Crippen molar-refractivity contribution >= 4 is 5.91 Å². The Labute approximate surface area is 127 Å². The number of nitrogens with one attached hydrogen (secondary N) is 1. The van der Waals surface area contributed by atoms with E-state index in [9.17, 15) is 4.79 Å². The molecule has 0 heterocycles. The molecule has 1 aliphatic carbocycles. The number of allylic oxidation sites excluding steroid dienone is 5. The van der Waals surface area contributed by atoms with Gasteiger partial charge in [-0.05, 0) is 51.3 Å². The summed E-state index contributed by atoms with van der Waals surface area (Å²) in [6.45, 7) is 6.80. The van der Waals surface area contributed by atoms with Crippen LogP contribution in [0.5, 0.6) is 0 Å². The van der Waals surface area contributed by atoms with E-state index >= 15 is 0 Å². The first kappa shape index (κ1) is 15.3. The smallest absolute Gasteiger partial charge is 0.251 e. The number of carbonyl (C=O) groups is 1. The van der Waals surface area contributed by atoms with Gasteiger partial charge in [-0.2, -0.15) is 0 Å². The molecular weight excluding hydrogens is 258 g/mol. The van der Waals surface area contributed by atoms with Gasteiger partial charge in [-0.1, -0.05) is 47.1 Å². The maximum atomic E-state index is 12.2. The number of hydrogen-bond acceptors (Lipinski definition) is 1. The van der Waals surface area contributed by atoms with E-state index in [1.54, 1.807) is 0 Å². The molecule has 1 amide bonds. The Morgan fingerprint density at radius 3 is 2.57 bits per heavy atom. The van der Waals surface area contributed by atoms with Crippen LogP contribution in [0, 0.1) is 13.8 Å². The topological polar surface area (TPSA) is 29.1 Å². The average molecular weight is 281 g/mol. The van der Waals surface area contributed by atoms with Crippen molar-refractivity contribution in [1.82, 2.24) is 5.32 Å². The van der Waals surface area contributed by atoms with Crippen LogP contribution in [0.2, 0.25) is 0 Å². The quantitative estimate of drug-likeness (QED) is 0.878. The Morgan fingerprint density at radius 2 is 1.86 bits per heavy atom. The molecule has 1 aromatic carbocycles. The highest BCUT2D eigenvalue weighted by Gasteiger charge is 2.06. The summed E-state index contributed by atoms with van der Waals surface area (Å²) >= 11 is 0. The van der Waals surface area contributed by atoms with Crippen LogP contribution in [0.4, 0.5) is 0 Å². The van der Waals surface area contributed by atoms with Crippen LogP contribution in [0.1, 0.15) is 41.3 Å². The van der Waals surface area contributed by atoms with Gasteiger partial charge in [-0.15, -0.1) is 0 Å². The average Bonchev–Trinajstić information content (AvgIpc) is 2.62. The van der Waals surface area contributed by atoms with Crippen molar-refractivity contribution in [2.24, 2.45) is 0 Å². The number of hydrogen-bond donors (Lipinski definition) is 1. The molecule has 0 saturated carbocycles. The normalized spacial score (nSPS) is 14.2. The highest BCUT2D eigenvalue weighted by molar-refractivity contribution is 5.94. The predicted molar refractivity (Wildman–Crippen MR) is 88.5 cm³/mol. The summed E-state index contributed by atoms with van der Waals surface area (Å²) < 4.78 is 0. The predicted octanol–water partition coefficient (Wildman–Crippen LogP) is 4.26. The van der Waals surface area contributed by atoms with Crippen molar-refractivity contribution in [3.63, 3.8) is 0 Å². The Morgan fingerprint density at radius 1 is 1.14 bits per heavy atom. The van der Waals surface area contributed by atoms with Gasteiger partial charge in [0.05, 0.1) is 0 Å². The fraction of sp³-hybridized carbons (Fsp3) is 0.316. The number of carbonyl (C=O) groups excluding carboxylic acids is 1. The van der Waals surface area contributed by atoms with E-state index in [1.807, 2.05) is 26.0 Å². The molecule has 1 aliphatic rings. The molecule has 21 heavy (non-hydrogen) atoms. The molecule has 2 heteroatoms. The minimum atomic E-state index is 0.00912. The Bertz CT molecular complexity index is 600. The summed E-state index contributed by atoms with van der Waals surface area (Å²) in [5, 5.41) is 3.01. The second-order valence-corrected chi connectivity index (χ2v) is 5.69. The molecule has 1 aromatic rings. The molecule has 0 atom stereocenters. The van der Waals surface area contributed by atoms with Gasteiger partial charge in [-0.25, -0.2) is 0 Å². The lowest BCUT2D eigenvalue weighted by atomic mass is 10.1. The van der Waals surface area contributed by atoms with Crippen LogP contribution in [0.3, 0.4) is 0 Å². The number of aryl methyl sites for hydroxylation is 2. The zero-order valence-corrected chi connectivity index (χ0v) is 13.1. The van der Waals surface area contributed by atoms with Gasteiger partial charge < -0.3 is 5.32 Å². The minimum Gasteiger partial charge on any atom is -0.352 e. The fourth-order valence-electron chi connectivity index (χ4n) is 2.58. The van der Waals surface area contributed by atoms with E-state index in [2.05, 4.69) is 42.6 Å². The van der Waals surface area contributed by atoms with E-state index in [0.29, 0.717) is 6.54 Å². The van der Waals surface area contributed by atoms with Crippen LogP contribution in [0.15, 0.2) is 53.6 Å². The lowest BCUT2D eigenvalue weighted by molar-refractivity contribution is 0.0954. The molecule has 0 unspecified atom stereocenters. The van der Waals surface area contributed by atoms with E-state index < -0.39 is 0 Å². The second kappa shape index (κ2) is 7.07. The highest BCUT2D eigenvalue weighted by Crippen LogP contribution is 2.13. The molecule has 0 aromatic heterocycles. The van der Waals surface area contributed by atoms with Crippen molar-refractivity contribution in [2.45, 2.75) is 33.6 Å². The van der Waals surface area contributed by atoms with E-state index in [4.69, 9.17) is 0 Å². The van der Waals surface area contributed by atoms with E-state index in [0.717, 1.165) is 29.5 Å². The summed E-state index contributed by atoms with van der Waals surface area (Å²) in [7, 11) is 0. The lowest BCUT2D eigenvalue weighted by Gasteiger charge is -2.08. The van der Waals surface area contributed by atoms with Crippen LogP contribution in [0.25, 0.3) is 0 Å². The fourth-order valence-corrected chi connectivity index (χ4v) is 2.58. The third-order valence-electron chi connectivity index (χ3n) is 3.49. The third kappa shape index (κ3) is 4.75. The summed E-state index contributed by atoms with van der Waals surface area (Å²) in [4.78, 5) is 12.2. The largest absolute Gasteiger partial charge is 0.352 e. The molecule has 110 valence electrons. The molecule has 0 fully saturated rings. The number of rotatable bonds is 4. The van der Waals surface area contributed by atoms with E-state index in [1.165, 1.54) is 11.1 Å². The summed E-state index contributed by atoms with van der Waals surface area (Å²) in [6, 6.07) is 5.94. The van der Waals surface area contributed by atoms with Crippen LogP contribution in [-0.2, 0) is 0 Å². The van der Waals surface area contributed by atoms with Gasteiger partial charge in [0.2, 0.25) is 0 Å². The lowest BCUT2D eigenvalue weighted by Crippen LogP contribution is -2.24. The number of amides is 1. The van der Waals surface area contributed by atoms with Crippen molar-refractivity contribution in [1.29, 1.82) is 0 Å². The van der Waals surface area contributed by atoms with Gasteiger partial charge in [0.15, 0.2) is 0 Å². The zero-order valence-electron chi connectivity index (χ0n) is 13.1. The van der Waals surface area contributed by atoms with Gasteiger partial charge in [0.25, 0.3) is 5.91 Å². The van der Waals surface area contributed by atoms with Crippen molar-refractivity contribution < 1.29 is 4.79 Å². The van der Waals surface area contributed by atoms with Crippen molar-refractivity contribution in [3.8, 4) is 0 Å². The van der Waals surface area contributed by atoms with Crippen molar-refractivity contribution in [2.75, 3.05) is 6.54 Å². The molecule has 0 radical (unpaired) electrons. The molecule has 0 bridgehead atoms. The molecule has 2 rings (SSSR count). The Balaban J connectivity index is 1.90. The first-order chi connectivity index (χ1) is 10.0. The molecule has 0 saturated heterocycles. The third-order valence-corrected chi connectivity index (χ3v) is 3.49. The first-order valence-corrected chi connectivity index (χ1v) is 7.45. The van der Waals surface area contributed by atoms with Gasteiger partial charge in [0.1, 0.15) is 0 Å². The molecule has 0 aliphatic heterocycles. The van der Waals surface area contributed by atoms with Crippen LogP contribution >= 0.6 is 0 Å². The zero-order chi connectivity index (χ0) is 15.2. The molecule has 0 spiro atoms. The number of benzene rings is 1. The Kier molecular flexibility index (Phi) is 5.15. The van der Waals surface area contributed by atoms with Gasteiger partial charge in [-0.3, -0.25) is 4.79 Å². The highest BCUT2D eigenvalue weighted by atomic mass is 16.1. The summed E-state index contributed by atoms with van der Waals surface area (Å²) in [5.74, 6) is 0.00912. The van der Waals surface area contributed by atoms with Crippen molar-refractivity contribution in [3.05, 3.63) is 70.3 Å². The Hall–Kier alpha value is -2.09. The maximum absolute atomic E-state index is 12.2. The molecular formula is C19H23NO. The van der Waals surface area contributed by atoms with Gasteiger partial charge >= 0.3 is 0 Å². The monoisotopic (exact) mass is 281 g/mol. The van der Waals surface area contributed by atoms with E-state index in [-0.39, 0.29) is 5.91 Å². The van der Waals surface area contributed by atoms with Gasteiger partial charge in [0, 0.05) is 12.1 Å². The maximum Gasteiger partial charge on any atom is 0.251 e. The summed E-state index contributed by atoms with van der Waals surface area (Å²) in [6.07, 6.45) is 10.5. The second-order valence-electron chi connectivity index (χ2n) is 5.69. The SMILES string of the molecule is CC1=CC(CCNC(=O)c2cc(C)cc(C)c2)=CCC=C1. The molecule has 2 nitrogen and oxygen atoms in total. The summed E-state index contributed by atoms with van der Waals surface area (Å²) in [5.41, 5.74) is 5.54. The minimum absolute atomic E-state index is 0.00912. The standard InChI is InChI=1S/C19H23NO/c1-14-6-4-5-7-17(11-14)8-9-20-19(21)18-12-15(2)10-16(3)13-18/h4,6-7,10-13H,5,8-9H2,1-3H3,(H,20,21). The first-order valence-electron chi connectivity index (χ1n) is 7.45. The molecule has 1 N–H and O–H groups in total. The van der Waals surface area contributed by atoms with Crippen LogP contribution < -0.4 is 5.32 Å². The van der Waals surface area contributed by atoms with Crippen LogP contribution in [-0.4, -0.2) is 12.5 Å².